The summed E-state index contributed by atoms with van der Waals surface area (Å²) in [5, 5.41) is 4.57. The number of piperidine rings is 1. The van der Waals surface area contributed by atoms with Crippen LogP contribution in [0, 0.1) is 0 Å². The maximum Gasteiger partial charge on any atom is 0.205 e. The van der Waals surface area contributed by atoms with E-state index in [9.17, 15) is 0 Å². The highest BCUT2D eigenvalue weighted by molar-refractivity contribution is 14.0. The van der Waals surface area contributed by atoms with Crippen molar-refractivity contribution in [2.45, 2.75) is 52.5 Å². The second kappa shape index (κ2) is 12.1. The van der Waals surface area contributed by atoms with Gasteiger partial charge in [0.1, 0.15) is 5.82 Å². The van der Waals surface area contributed by atoms with Crippen LogP contribution in [-0.4, -0.2) is 83.5 Å². The third-order valence-corrected chi connectivity index (χ3v) is 6.38. The number of likely N-dealkylation sites (tertiary alicyclic amines) is 1. The fraction of sp³-hybridized carbons (Fsp3) is 0.842. The number of aromatic nitrogens is 2. The van der Waals surface area contributed by atoms with E-state index in [1.165, 1.54) is 37.3 Å². The Morgan fingerprint density at radius 2 is 1.93 bits per heavy atom. The molecule has 1 N–H and O–H groups in total. The normalized spacial score (nSPS) is 21.5. The van der Waals surface area contributed by atoms with E-state index < -0.39 is 0 Å². The molecule has 160 valence electrons. The summed E-state index contributed by atoms with van der Waals surface area (Å²) in [4.78, 5) is 17.0. The number of guanidine groups is 1. The van der Waals surface area contributed by atoms with Crippen molar-refractivity contribution in [1.82, 2.24) is 24.5 Å². The zero-order valence-corrected chi connectivity index (χ0v) is 20.7. The summed E-state index contributed by atoms with van der Waals surface area (Å²) in [6, 6.07) is 0.604. The fourth-order valence-corrected chi connectivity index (χ4v) is 4.73. The summed E-state index contributed by atoms with van der Waals surface area (Å²) in [6.07, 6.45) is 4.86. The van der Waals surface area contributed by atoms with Crippen LogP contribution in [0.25, 0.3) is 0 Å². The second-order valence-corrected chi connectivity index (χ2v) is 8.02. The molecular weight excluding hydrogens is 485 g/mol. The summed E-state index contributed by atoms with van der Waals surface area (Å²) in [5.74, 6) is 2.03. The summed E-state index contributed by atoms with van der Waals surface area (Å²) >= 11 is 1.53. The molecule has 0 radical (unpaired) electrons. The average Bonchev–Trinajstić information content (AvgIpc) is 3.21. The van der Waals surface area contributed by atoms with E-state index in [1.807, 2.05) is 0 Å². The number of hydrogen-bond acceptors (Lipinski definition) is 6. The number of nitrogens with one attached hydrogen (secondary N) is 1. The van der Waals surface area contributed by atoms with Gasteiger partial charge in [-0.3, -0.25) is 9.89 Å². The molecule has 2 aliphatic heterocycles. The van der Waals surface area contributed by atoms with E-state index >= 15 is 0 Å². The van der Waals surface area contributed by atoms with Crippen LogP contribution in [0.15, 0.2) is 4.99 Å². The Bertz CT molecular complexity index is 601. The van der Waals surface area contributed by atoms with Crippen molar-refractivity contribution < 1.29 is 0 Å². The number of aliphatic imine (C=N–C) groups is 1. The number of rotatable bonds is 6. The molecule has 9 heteroatoms. The molecule has 0 saturated carbocycles. The Morgan fingerprint density at radius 1 is 1.14 bits per heavy atom. The number of halogens is 1. The van der Waals surface area contributed by atoms with Crippen molar-refractivity contribution in [3.63, 3.8) is 0 Å². The topological polar surface area (TPSA) is 59.9 Å². The lowest BCUT2D eigenvalue weighted by Gasteiger charge is -2.37. The average molecular weight is 522 g/mol. The Morgan fingerprint density at radius 3 is 2.57 bits per heavy atom. The predicted molar refractivity (Wildman–Crippen MR) is 129 cm³/mol. The lowest BCUT2D eigenvalue weighted by atomic mass is 10.0. The minimum atomic E-state index is 0. The molecular formula is C19H36IN7S. The number of aryl methyl sites for hydroxylation is 1. The lowest BCUT2D eigenvalue weighted by molar-refractivity contribution is 0.161. The van der Waals surface area contributed by atoms with Gasteiger partial charge in [-0.1, -0.05) is 20.3 Å². The number of nitrogens with zero attached hydrogens (tertiary/aromatic N) is 6. The zero-order chi connectivity index (χ0) is 19.1. The molecule has 28 heavy (non-hydrogen) atoms. The van der Waals surface area contributed by atoms with Crippen LogP contribution in [0.5, 0.6) is 0 Å². The van der Waals surface area contributed by atoms with E-state index in [0.29, 0.717) is 6.04 Å². The van der Waals surface area contributed by atoms with E-state index in [1.54, 1.807) is 0 Å². The molecule has 0 bridgehead atoms. The van der Waals surface area contributed by atoms with Crippen molar-refractivity contribution >= 4 is 46.6 Å². The van der Waals surface area contributed by atoms with Crippen molar-refractivity contribution in [2.75, 3.05) is 57.3 Å². The van der Waals surface area contributed by atoms with Crippen LogP contribution in [0.1, 0.15) is 45.9 Å². The predicted octanol–water partition coefficient (Wildman–Crippen LogP) is 2.68. The molecule has 2 aliphatic rings. The summed E-state index contributed by atoms with van der Waals surface area (Å²) in [6.45, 7) is 14.6. The van der Waals surface area contributed by atoms with Gasteiger partial charge in [0.25, 0.3) is 0 Å². The van der Waals surface area contributed by atoms with E-state index in [0.717, 1.165) is 69.1 Å². The van der Waals surface area contributed by atoms with E-state index in [4.69, 9.17) is 4.99 Å². The SMILES string of the molecule is CCNC(=NCC1CCCCN1CC)N1CCN(c2nc(CC)ns2)CC1.I. The molecule has 7 nitrogen and oxygen atoms in total. The minimum Gasteiger partial charge on any atom is -0.357 e. The second-order valence-electron chi connectivity index (χ2n) is 7.29. The van der Waals surface area contributed by atoms with Crippen LogP contribution in [0.2, 0.25) is 0 Å². The third kappa shape index (κ3) is 6.16. The molecule has 1 atom stereocenters. The monoisotopic (exact) mass is 521 g/mol. The van der Waals surface area contributed by atoms with Gasteiger partial charge in [0.15, 0.2) is 5.96 Å². The van der Waals surface area contributed by atoms with Gasteiger partial charge in [0, 0.05) is 56.7 Å². The number of hydrogen-bond donors (Lipinski definition) is 1. The van der Waals surface area contributed by atoms with Gasteiger partial charge in [-0.15, -0.1) is 24.0 Å². The van der Waals surface area contributed by atoms with Gasteiger partial charge in [0.2, 0.25) is 5.13 Å². The molecule has 0 amide bonds. The largest absolute Gasteiger partial charge is 0.357 e. The molecule has 2 fully saturated rings. The molecule has 2 saturated heterocycles. The smallest absolute Gasteiger partial charge is 0.205 e. The van der Waals surface area contributed by atoms with Crippen molar-refractivity contribution in [3.8, 4) is 0 Å². The highest BCUT2D eigenvalue weighted by Gasteiger charge is 2.24. The Balaban J connectivity index is 0.00000280. The molecule has 0 aliphatic carbocycles. The van der Waals surface area contributed by atoms with Crippen LogP contribution >= 0.6 is 35.5 Å². The fourth-order valence-electron chi connectivity index (χ4n) is 3.93. The van der Waals surface area contributed by atoms with E-state index in [-0.39, 0.29) is 24.0 Å². The molecule has 0 spiro atoms. The Kier molecular flexibility index (Phi) is 10.2. The molecule has 3 heterocycles. The Labute approximate surface area is 191 Å². The number of piperazine rings is 1. The first-order chi connectivity index (χ1) is 13.2. The quantitative estimate of drug-likeness (QED) is 0.353. The summed E-state index contributed by atoms with van der Waals surface area (Å²) in [5.41, 5.74) is 0. The third-order valence-electron chi connectivity index (χ3n) is 5.57. The van der Waals surface area contributed by atoms with Crippen LogP contribution < -0.4 is 10.2 Å². The highest BCUT2D eigenvalue weighted by atomic mass is 127. The van der Waals surface area contributed by atoms with Gasteiger partial charge < -0.3 is 15.1 Å². The molecule has 0 aromatic carbocycles. The Hall–Kier alpha value is -0.680. The van der Waals surface area contributed by atoms with E-state index in [2.05, 4.69) is 50.1 Å². The maximum atomic E-state index is 5.02. The first kappa shape index (κ1) is 23.6. The van der Waals surface area contributed by atoms with Crippen LogP contribution in [0.3, 0.4) is 0 Å². The van der Waals surface area contributed by atoms with Gasteiger partial charge in [-0.25, -0.2) is 4.98 Å². The van der Waals surface area contributed by atoms with Crippen LogP contribution in [-0.2, 0) is 6.42 Å². The van der Waals surface area contributed by atoms with Crippen molar-refractivity contribution in [3.05, 3.63) is 5.82 Å². The molecule has 1 aromatic rings. The molecule has 1 aromatic heterocycles. The number of likely N-dealkylation sites (N-methyl/N-ethyl adjacent to an activating group) is 1. The number of anilines is 1. The first-order valence-corrected chi connectivity index (χ1v) is 11.4. The maximum absolute atomic E-state index is 5.02. The first-order valence-electron chi connectivity index (χ1n) is 10.6. The zero-order valence-electron chi connectivity index (χ0n) is 17.6. The van der Waals surface area contributed by atoms with Crippen molar-refractivity contribution in [1.29, 1.82) is 0 Å². The minimum absolute atomic E-state index is 0. The molecule has 3 rings (SSSR count). The van der Waals surface area contributed by atoms with Crippen LogP contribution in [0.4, 0.5) is 5.13 Å². The van der Waals surface area contributed by atoms with Gasteiger partial charge >= 0.3 is 0 Å². The summed E-state index contributed by atoms with van der Waals surface area (Å²) < 4.78 is 4.42. The van der Waals surface area contributed by atoms with Crippen molar-refractivity contribution in [2.24, 2.45) is 4.99 Å². The standard InChI is InChI=1S/C19H35N7S.HI/c1-4-17-22-19(27-23-17)26-13-11-25(12-14-26)18(20-5-2)21-15-16-9-7-8-10-24(16)6-3;/h16H,4-15H2,1-3H3,(H,20,21);1H. The lowest BCUT2D eigenvalue weighted by Crippen LogP contribution is -2.53. The summed E-state index contributed by atoms with van der Waals surface area (Å²) in [7, 11) is 0. The highest BCUT2D eigenvalue weighted by Crippen LogP contribution is 2.20. The van der Waals surface area contributed by atoms with Gasteiger partial charge in [0.05, 0.1) is 6.54 Å². The van der Waals surface area contributed by atoms with Gasteiger partial charge in [-0.05, 0) is 32.9 Å². The molecule has 1 unspecified atom stereocenters. The van der Waals surface area contributed by atoms with Gasteiger partial charge in [-0.2, -0.15) is 4.37 Å².